The van der Waals surface area contributed by atoms with E-state index in [1.807, 2.05) is 41.8 Å². The molecule has 0 aliphatic rings. The molecule has 1 amide bonds. The standard InChI is InChI=1S/C6H10NO2.C5H10O2.C2H7N.Fm/c1-6(7-5-9)3-2-4-8;1-5(2,3)7-4-6;1-3-2;/h4,6H,2-3H2,1H3,(H,7,9);4H,1-3H3;3H,1-2H3;/q-1;;;. The molecular formula is C13H27FmN2O4-. The monoisotopic (exact) mass is 532 g/mol. The molecule has 0 aliphatic carbocycles. The molecule has 7 heteroatoms. The maximum atomic E-state index is 9.79. The largest absolute Gasteiger partial charge is 0.528 e. The number of carbonyl (C=O) groups is 2. The Kier molecular flexibility index (Phi) is 24.8. The summed E-state index contributed by atoms with van der Waals surface area (Å²) in [5, 5.41) is 5.17. The van der Waals surface area contributed by atoms with Gasteiger partial charge in [-0.3, -0.25) is 4.79 Å². The number of hydrogen-bond acceptors (Lipinski definition) is 5. The first-order valence-corrected chi connectivity index (χ1v) is 6.05. The smallest absolute Gasteiger partial charge is 0.293 e. The van der Waals surface area contributed by atoms with Gasteiger partial charge in [0.05, 0.1) is 0 Å². The van der Waals surface area contributed by atoms with Crippen molar-refractivity contribution in [2.24, 2.45) is 0 Å². The zero-order chi connectivity index (χ0) is 15.7. The number of hydrogen-bond donors (Lipinski definition) is 2. The molecule has 0 saturated heterocycles. The van der Waals surface area contributed by atoms with Crippen molar-refractivity contribution >= 4 is 19.2 Å². The van der Waals surface area contributed by atoms with Gasteiger partial charge in [-0.1, -0.05) is 0 Å². The molecule has 1 unspecified atom stereocenters. The van der Waals surface area contributed by atoms with Crippen molar-refractivity contribution in [1.29, 1.82) is 0 Å². The summed E-state index contributed by atoms with van der Waals surface area (Å²) in [5.41, 5.74) is -0.318. The second-order valence-electron chi connectivity index (χ2n) is 4.72. The molecule has 0 aromatic heterocycles. The number of amides is 1. The number of rotatable bonds is 6. The molecule has 0 aliphatic heterocycles. The van der Waals surface area contributed by atoms with Crippen LogP contribution in [0.3, 0.4) is 0 Å². The zero-order valence-corrected chi connectivity index (χ0v) is 15.5. The fraction of sp³-hybridized carbons (Fsp3) is 0.769. The summed E-state index contributed by atoms with van der Waals surface area (Å²) >= 11 is 0. The van der Waals surface area contributed by atoms with Crippen molar-refractivity contribution in [3.63, 3.8) is 0 Å². The Morgan fingerprint density at radius 2 is 1.70 bits per heavy atom. The molecule has 0 radical (unpaired) electrons. The van der Waals surface area contributed by atoms with Crippen LogP contribution in [0.4, 0.5) is 0 Å². The van der Waals surface area contributed by atoms with Crippen LogP contribution in [-0.4, -0.2) is 44.9 Å². The molecule has 126 valence electrons. The third kappa shape index (κ3) is 45.0. The van der Waals surface area contributed by atoms with E-state index in [9.17, 15) is 14.4 Å². The number of aldehydes is 1. The summed E-state index contributed by atoms with van der Waals surface area (Å²) in [6.45, 7) is 7.75. The summed E-state index contributed by atoms with van der Waals surface area (Å²) < 4.78 is 4.55. The van der Waals surface area contributed by atoms with Gasteiger partial charge in [-0.2, -0.15) is 6.41 Å². The Hall–Kier alpha value is -2.43. The van der Waals surface area contributed by atoms with Gasteiger partial charge in [-0.05, 0) is 54.3 Å². The van der Waals surface area contributed by atoms with Gasteiger partial charge < -0.3 is 25.0 Å². The van der Waals surface area contributed by atoms with E-state index in [4.69, 9.17) is 0 Å². The van der Waals surface area contributed by atoms with Gasteiger partial charge in [-0.25, -0.2) is 0 Å². The number of nitrogens with one attached hydrogen (secondary N) is 2. The maximum Gasteiger partial charge on any atom is 0.293 e. The van der Waals surface area contributed by atoms with Crippen LogP contribution in [0, 0.1) is 0 Å². The predicted octanol–water partition coefficient (Wildman–Crippen LogP) is 0.804. The Labute approximate surface area is 116 Å². The number of ether oxygens (including phenoxy) is 1. The summed E-state index contributed by atoms with van der Waals surface area (Å²) in [7, 11) is 3.75. The molecule has 0 bridgehead atoms. The van der Waals surface area contributed by atoms with E-state index < -0.39 is 0 Å². The minimum atomic E-state index is -0.318. The van der Waals surface area contributed by atoms with Gasteiger partial charge in [-0.15, -0.1) is 0 Å². The molecule has 0 heterocycles. The first kappa shape index (κ1) is 26.2. The number of carbonyl (C=O) groups excluding carboxylic acids is 3. The van der Waals surface area contributed by atoms with E-state index in [0.717, 1.165) is 6.29 Å². The Balaban J connectivity index is -0.000000105. The Bertz CT molecular complexity index is 221. The van der Waals surface area contributed by atoms with Gasteiger partial charge in [0.2, 0.25) is 0 Å². The SMILES string of the molecule is CC(C)(C)OC=O.CC(CCC=O)N[C-]=O.CNC.[Fm]. The minimum Gasteiger partial charge on any atom is -0.528 e. The van der Waals surface area contributed by atoms with E-state index in [0.29, 0.717) is 19.3 Å². The molecule has 0 saturated carbocycles. The molecule has 0 rings (SSSR count). The average Bonchev–Trinajstić information content (AvgIpc) is 2.27. The van der Waals surface area contributed by atoms with Gasteiger partial charge in [0, 0.05) is 6.42 Å². The predicted molar refractivity (Wildman–Crippen MR) is 75.5 cm³/mol. The van der Waals surface area contributed by atoms with Crippen LogP contribution in [0.5, 0.6) is 0 Å². The molecule has 0 spiro atoms. The topological polar surface area (TPSA) is 84.5 Å². The van der Waals surface area contributed by atoms with Gasteiger partial charge >= 0.3 is 0 Å². The normalized spacial score (nSPS) is 10.1. The van der Waals surface area contributed by atoms with E-state index in [-0.39, 0.29) is 11.6 Å². The molecule has 2 N–H and O–H groups in total. The fourth-order valence-corrected chi connectivity index (χ4v) is 0.635. The van der Waals surface area contributed by atoms with Crippen molar-refractivity contribution in [3.8, 4) is 0 Å². The molecule has 6 nitrogen and oxygen atoms in total. The van der Waals surface area contributed by atoms with Crippen LogP contribution in [0.2, 0.25) is 0 Å². The molecule has 0 aromatic rings. The van der Waals surface area contributed by atoms with Crippen molar-refractivity contribution in [2.45, 2.75) is 52.2 Å². The molecule has 0 fully saturated rings. The van der Waals surface area contributed by atoms with E-state index in [1.165, 1.54) is 0 Å². The van der Waals surface area contributed by atoms with Crippen LogP contribution >= 0.6 is 0 Å². The van der Waals surface area contributed by atoms with Crippen LogP contribution in [0.15, 0.2) is 0 Å². The van der Waals surface area contributed by atoms with Crippen molar-refractivity contribution < 1.29 is 19.1 Å². The van der Waals surface area contributed by atoms with Crippen LogP contribution in [-0.2, 0) is 19.1 Å². The van der Waals surface area contributed by atoms with E-state index in [1.54, 1.807) is 6.41 Å². The molecule has 20 heavy (non-hydrogen) atoms. The second kappa shape index (κ2) is 18.9. The van der Waals surface area contributed by atoms with Crippen LogP contribution in [0.25, 0.3) is 0 Å². The van der Waals surface area contributed by atoms with Gasteiger partial charge in [0.15, 0.2) is 0 Å². The molecular weight excluding hydrogens is 505 g/mol. The van der Waals surface area contributed by atoms with Gasteiger partial charge in [0.25, 0.3) is 6.47 Å². The summed E-state index contributed by atoms with van der Waals surface area (Å²) in [4.78, 5) is 29.0. The quantitative estimate of drug-likeness (QED) is 0.301. The summed E-state index contributed by atoms with van der Waals surface area (Å²) in [5.74, 6) is 0. The first-order valence-electron chi connectivity index (χ1n) is 6.05. The minimum absolute atomic E-state index is 0. The van der Waals surface area contributed by atoms with Crippen molar-refractivity contribution in [3.05, 3.63) is 0 Å². The van der Waals surface area contributed by atoms with Crippen LogP contribution < -0.4 is 10.6 Å². The molecule has 1 atom stereocenters. The third-order valence-electron chi connectivity index (χ3n) is 1.42. The first-order chi connectivity index (χ1) is 8.78. The maximum absolute atomic E-state index is 9.79. The third-order valence-corrected chi connectivity index (χ3v) is 1.42. The van der Waals surface area contributed by atoms with Crippen molar-refractivity contribution in [2.75, 3.05) is 14.1 Å². The average molecular weight is 532 g/mol. The van der Waals surface area contributed by atoms with Gasteiger partial charge in [0.1, 0.15) is 11.9 Å². The molecule has 0 aromatic carbocycles. The van der Waals surface area contributed by atoms with E-state index in [2.05, 4.69) is 15.4 Å². The Morgan fingerprint density at radius 1 is 1.25 bits per heavy atom. The van der Waals surface area contributed by atoms with E-state index >= 15 is 0 Å². The zero-order valence-electron chi connectivity index (χ0n) is 13.1. The summed E-state index contributed by atoms with van der Waals surface area (Å²) in [6.07, 6.45) is 3.59. The Morgan fingerprint density at radius 3 is 1.90 bits per heavy atom. The fourth-order valence-electron chi connectivity index (χ4n) is 0.635. The summed E-state index contributed by atoms with van der Waals surface area (Å²) in [6, 6.07) is 0.0627. The van der Waals surface area contributed by atoms with Crippen LogP contribution in [0.1, 0.15) is 40.5 Å². The second-order valence-corrected chi connectivity index (χ2v) is 4.72. The van der Waals surface area contributed by atoms with Crippen molar-refractivity contribution in [1.82, 2.24) is 10.6 Å².